The minimum atomic E-state index is -3.45. The van der Waals surface area contributed by atoms with E-state index in [1.54, 1.807) is 10.4 Å². The van der Waals surface area contributed by atoms with E-state index in [0.717, 1.165) is 74.1 Å². The highest BCUT2D eigenvalue weighted by molar-refractivity contribution is 7.93. The quantitative estimate of drug-likeness (QED) is 0.555. The average Bonchev–Trinajstić information content (AvgIpc) is 2.95. The van der Waals surface area contributed by atoms with Crippen LogP contribution < -0.4 is 9.21 Å². The minimum absolute atomic E-state index is 0.458. The summed E-state index contributed by atoms with van der Waals surface area (Å²) < 4.78 is 27.9. The van der Waals surface area contributed by atoms with Crippen molar-refractivity contribution in [1.82, 2.24) is 4.90 Å². The first-order chi connectivity index (χ1) is 15.6. The molecule has 3 aromatic rings. The molecule has 0 bridgehead atoms. The van der Waals surface area contributed by atoms with Crippen LogP contribution in [0.25, 0.3) is 10.8 Å². The highest BCUT2D eigenvalue weighted by atomic mass is 32.2. The molecule has 0 atom stereocenters. The van der Waals surface area contributed by atoms with Gasteiger partial charge >= 0.3 is 0 Å². The van der Waals surface area contributed by atoms with Crippen molar-refractivity contribution in [3.05, 3.63) is 66.2 Å². The maximum atomic E-state index is 13.1. The normalized spacial score (nSPS) is 18.3. The highest BCUT2D eigenvalue weighted by Gasteiger charge is 2.36. The van der Waals surface area contributed by atoms with E-state index < -0.39 is 10.0 Å². The van der Waals surface area contributed by atoms with Crippen LogP contribution in [0.4, 0.5) is 11.4 Å². The van der Waals surface area contributed by atoms with E-state index in [9.17, 15) is 8.42 Å². The molecule has 0 unspecified atom stereocenters. The standard InChI is InChI=1S/C26H31N3O2S/c1-2-15-29-24-13-12-23(22-10-6-11-25(26(22)24)32(29,30)31)28-17-7-16-27(19-20-28)18-14-21-8-4-3-5-9-21/h3-6,8-13H,2,7,14-20H2,1H3. The smallest absolute Gasteiger partial charge is 0.265 e. The van der Waals surface area contributed by atoms with Crippen LogP contribution in [0.15, 0.2) is 65.6 Å². The number of nitrogens with zero attached hydrogens (tertiary/aromatic N) is 3. The fourth-order valence-electron chi connectivity index (χ4n) is 5.10. The van der Waals surface area contributed by atoms with Crippen molar-refractivity contribution < 1.29 is 8.42 Å². The van der Waals surface area contributed by atoms with E-state index in [4.69, 9.17) is 0 Å². The molecule has 0 saturated carbocycles. The number of benzene rings is 3. The van der Waals surface area contributed by atoms with E-state index in [0.29, 0.717) is 11.4 Å². The summed E-state index contributed by atoms with van der Waals surface area (Å²) in [5.41, 5.74) is 3.38. The fraction of sp³-hybridized carbons (Fsp3) is 0.385. The number of hydrogen-bond acceptors (Lipinski definition) is 4. The Morgan fingerprint density at radius 3 is 2.44 bits per heavy atom. The second-order valence-corrected chi connectivity index (χ2v) is 10.6. The second-order valence-electron chi connectivity index (χ2n) is 8.78. The molecule has 1 fully saturated rings. The molecule has 0 amide bonds. The lowest BCUT2D eigenvalue weighted by molar-refractivity contribution is 0.297. The summed E-state index contributed by atoms with van der Waals surface area (Å²) in [6.07, 6.45) is 2.98. The van der Waals surface area contributed by atoms with E-state index >= 15 is 0 Å². The van der Waals surface area contributed by atoms with Crippen molar-refractivity contribution in [3.8, 4) is 0 Å². The van der Waals surface area contributed by atoms with Gasteiger partial charge in [-0.15, -0.1) is 0 Å². The first-order valence-corrected chi connectivity index (χ1v) is 13.1. The van der Waals surface area contributed by atoms with Gasteiger partial charge in [0.05, 0.1) is 10.6 Å². The molecular formula is C26H31N3O2S. The van der Waals surface area contributed by atoms with Crippen molar-refractivity contribution in [1.29, 1.82) is 0 Å². The Morgan fingerprint density at radius 1 is 0.812 bits per heavy atom. The van der Waals surface area contributed by atoms with E-state index in [1.165, 1.54) is 5.56 Å². The van der Waals surface area contributed by atoms with Crippen molar-refractivity contribution >= 4 is 32.2 Å². The van der Waals surface area contributed by atoms with Crippen molar-refractivity contribution in [2.75, 3.05) is 48.5 Å². The van der Waals surface area contributed by atoms with Crippen LogP contribution in [0, 0.1) is 0 Å². The van der Waals surface area contributed by atoms with Crippen LogP contribution in [-0.2, 0) is 16.4 Å². The lowest BCUT2D eigenvalue weighted by atomic mass is 10.1. The van der Waals surface area contributed by atoms with Gasteiger partial charge in [0.25, 0.3) is 10.0 Å². The van der Waals surface area contributed by atoms with Crippen LogP contribution >= 0.6 is 0 Å². The molecule has 32 heavy (non-hydrogen) atoms. The lowest BCUT2D eigenvalue weighted by Crippen LogP contribution is -2.32. The predicted molar refractivity (Wildman–Crippen MR) is 132 cm³/mol. The first kappa shape index (κ1) is 21.3. The molecule has 1 saturated heterocycles. The average molecular weight is 450 g/mol. The second kappa shape index (κ2) is 8.75. The summed E-state index contributed by atoms with van der Waals surface area (Å²) in [4.78, 5) is 5.46. The van der Waals surface area contributed by atoms with Gasteiger partial charge in [-0.1, -0.05) is 49.4 Å². The number of rotatable bonds is 6. The lowest BCUT2D eigenvalue weighted by Gasteiger charge is -2.26. The van der Waals surface area contributed by atoms with Gasteiger partial charge in [0.15, 0.2) is 0 Å². The molecule has 0 spiro atoms. The molecule has 0 N–H and O–H groups in total. The summed E-state index contributed by atoms with van der Waals surface area (Å²) in [6.45, 7) is 7.69. The van der Waals surface area contributed by atoms with Crippen LogP contribution in [-0.4, -0.2) is 52.6 Å². The Hall–Kier alpha value is -2.57. The van der Waals surface area contributed by atoms with Gasteiger partial charge in [0, 0.05) is 49.2 Å². The Labute approximate surface area is 191 Å². The van der Waals surface area contributed by atoms with Gasteiger partial charge < -0.3 is 9.80 Å². The first-order valence-electron chi connectivity index (χ1n) is 11.7. The summed E-state index contributed by atoms with van der Waals surface area (Å²) in [7, 11) is -3.45. The molecule has 2 aliphatic rings. The summed E-state index contributed by atoms with van der Waals surface area (Å²) >= 11 is 0. The molecule has 2 aliphatic heterocycles. The number of hydrogen-bond donors (Lipinski definition) is 0. The van der Waals surface area contributed by atoms with Crippen LogP contribution in [0.5, 0.6) is 0 Å². The van der Waals surface area contributed by atoms with E-state index in [-0.39, 0.29) is 0 Å². The van der Waals surface area contributed by atoms with Crippen LogP contribution in [0.2, 0.25) is 0 Å². The molecule has 0 aliphatic carbocycles. The maximum Gasteiger partial charge on any atom is 0.265 e. The summed E-state index contributed by atoms with van der Waals surface area (Å²) in [5.74, 6) is 0. The molecule has 2 heterocycles. The SMILES string of the molecule is CCCN1c2ccc(N3CCCN(CCc4ccccc4)CC3)c3cccc(c23)S1(=O)=O. The zero-order chi connectivity index (χ0) is 22.1. The third-order valence-electron chi connectivity index (χ3n) is 6.71. The van der Waals surface area contributed by atoms with Crippen molar-refractivity contribution in [3.63, 3.8) is 0 Å². The summed E-state index contributed by atoms with van der Waals surface area (Å²) in [5, 5.41) is 1.95. The molecule has 3 aromatic carbocycles. The van der Waals surface area contributed by atoms with Crippen molar-refractivity contribution in [2.24, 2.45) is 0 Å². The van der Waals surface area contributed by atoms with Gasteiger partial charge in [-0.3, -0.25) is 4.31 Å². The number of sulfonamides is 1. The fourth-order valence-corrected chi connectivity index (χ4v) is 6.89. The molecule has 0 radical (unpaired) electrons. The number of anilines is 2. The van der Waals surface area contributed by atoms with Gasteiger partial charge in [-0.2, -0.15) is 0 Å². The molecular weight excluding hydrogens is 418 g/mol. The van der Waals surface area contributed by atoms with Crippen molar-refractivity contribution in [2.45, 2.75) is 31.1 Å². The summed E-state index contributed by atoms with van der Waals surface area (Å²) in [6, 6.07) is 20.6. The Kier molecular flexibility index (Phi) is 5.82. The van der Waals surface area contributed by atoms with Gasteiger partial charge in [0.1, 0.15) is 0 Å². The third kappa shape index (κ3) is 3.76. The largest absolute Gasteiger partial charge is 0.370 e. The monoisotopic (exact) mass is 449 g/mol. The maximum absolute atomic E-state index is 13.1. The van der Waals surface area contributed by atoms with E-state index in [1.807, 2.05) is 19.1 Å². The highest BCUT2D eigenvalue weighted by Crippen LogP contribution is 2.45. The third-order valence-corrected chi connectivity index (χ3v) is 8.57. The Bertz CT molecular complexity index is 1210. The van der Waals surface area contributed by atoms with Gasteiger partial charge in [-0.05, 0) is 49.6 Å². The predicted octanol–water partition coefficient (Wildman–Crippen LogP) is 4.51. The zero-order valence-electron chi connectivity index (χ0n) is 18.7. The molecule has 5 nitrogen and oxygen atoms in total. The minimum Gasteiger partial charge on any atom is -0.370 e. The molecule has 0 aromatic heterocycles. The zero-order valence-corrected chi connectivity index (χ0v) is 19.5. The molecule has 168 valence electrons. The van der Waals surface area contributed by atoms with Crippen LogP contribution in [0.1, 0.15) is 25.3 Å². The Balaban J connectivity index is 1.39. The Morgan fingerprint density at radius 2 is 1.62 bits per heavy atom. The van der Waals surface area contributed by atoms with Crippen LogP contribution in [0.3, 0.4) is 0 Å². The topological polar surface area (TPSA) is 43.9 Å². The van der Waals surface area contributed by atoms with Gasteiger partial charge in [-0.25, -0.2) is 8.42 Å². The molecule has 5 rings (SSSR count). The van der Waals surface area contributed by atoms with Gasteiger partial charge in [0.2, 0.25) is 0 Å². The molecule has 6 heteroatoms. The van der Waals surface area contributed by atoms with E-state index in [2.05, 4.69) is 52.3 Å².